The highest BCUT2D eigenvalue weighted by atomic mass is 32.1. The molecule has 1 saturated heterocycles. The molecule has 0 spiro atoms. The highest BCUT2D eigenvalue weighted by Crippen LogP contribution is 2.43. The number of hydrogen-bond donors (Lipinski definition) is 1. The van der Waals surface area contributed by atoms with E-state index in [4.69, 9.17) is 4.98 Å². The zero-order valence-corrected chi connectivity index (χ0v) is 14.7. The van der Waals surface area contributed by atoms with E-state index in [2.05, 4.69) is 44.1 Å². The molecule has 3 rings (SSSR count). The molecule has 1 saturated carbocycles. The summed E-state index contributed by atoms with van der Waals surface area (Å²) in [5.74, 6) is 0.882. The van der Waals surface area contributed by atoms with Gasteiger partial charge in [-0.15, -0.1) is 11.3 Å². The van der Waals surface area contributed by atoms with Crippen molar-refractivity contribution in [2.45, 2.75) is 71.0 Å². The first-order chi connectivity index (χ1) is 10.1. The Kier molecular flexibility index (Phi) is 4.40. The van der Waals surface area contributed by atoms with Crippen molar-refractivity contribution in [1.29, 1.82) is 0 Å². The maximum atomic E-state index is 4.70. The van der Waals surface area contributed by atoms with Crippen molar-refractivity contribution in [3.8, 4) is 0 Å². The number of aryl methyl sites for hydroxylation is 1. The normalized spacial score (nSPS) is 32.3. The lowest BCUT2D eigenvalue weighted by molar-refractivity contribution is 0.0418. The van der Waals surface area contributed by atoms with Gasteiger partial charge in [-0.2, -0.15) is 0 Å². The second-order valence-electron chi connectivity index (χ2n) is 7.00. The zero-order chi connectivity index (χ0) is 15.0. The van der Waals surface area contributed by atoms with Crippen LogP contribution in [0.5, 0.6) is 0 Å². The molecule has 1 N–H and O–H groups in total. The van der Waals surface area contributed by atoms with Gasteiger partial charge < -0.3 is 5.32 Å². The molecule has 0 bridgehead atoms. The molecule has 3 atom stereocenters. The van der Waals surface area contributed by atoms with Crippen molar-refractivity contribution in [1.82, 2.24) is 15.2 Å². The van der Waals surface area contributed by atoms with Crippen LogP contribution in [0.15, 0.2) is 6.20 Å². The van der Waals surface area contributed by atoms with E-state index >= 15 is 0 Å². The first kappa shape index (κ1) is 15.4. The Morgan fingerprint density at radius 3 is 2.81 bits per heavy atom. The van der Waals surface area contributed by atoms with Crippen LogP contribution in [-0.4, -0.2) is 34.6 Å². The lowest BCUT2D eigenvalue weighted by atomic mass is 9.89. The molecule has 1 aromatic rings. The summed E-state index contributed by atoms with van der Waals surface area (Å²) in [5, 5.41) is 5.15. The monoisotopic (exact) mass is 307 g/mol. The van der Waals surface area contributed by atoms with Gasteiger partial charge >= 0.3 is 0 Å². The van der Waals surface area contributed by atoms with Gasteiger partial charge in [-0.3, -0.25) is 4.90 Å². The molecule has 2 aliphatic rings. The topological polar surface area (TPSA) is 28.2 Å². The van der Waals surface area contributed by atoms with E-state index in [0.717, 1.165) is 18.9 Å². The molecule has 1 aliphatic heterocycles. The van der Waals surface area contributed by atoms with Crippen LogP contribution in [0.4, 0.5) is 0 Å². The summed E-state index contributed by atoms with van der Waals surface area (Å²) in [7, 11) is 0. The van der Waals surface area contributed by atoms with Crippen molar-refractivity contribution in [3.05, 3.63) is 16.1 Å². The Hall–Kier alpha value is -0.450. The number of hydrogen-bond acceptors (Lipinski definition) is 4. The van der Waals surface area contributed by atoms with E-state index in [9.17, 15) is 0 Å². The van der Waals surface area contributed by atoms with Crippen LogP contribution in [0.2, 0.25) is 0 Å². The highest BCUT2D eigenvalue weighted by Gasteiger charge is 2.46. The summed E-state index contributed by atoms with van der Waals surface area (Å²) in [5.41, 5.74) is 0.310. The van der Waals surface area contributed by atoms with Crippen LogP contribution in [0.25, 0.3) is 0 Å². The summed E-state index contributed by atoms with van der Waals surface area (Å²) >= 11 is 1.90. The maximum absolute atomic E-state index is 4.70. The molecule has 21 heavy (non-hydrogen) atoms. The predicted molar refractivity (Wildman–Crippen MR) is 89.8 cm³/mol. The summed E-state index contributed by atoms with van der Waals surface area (Å²) < 4.78 is 0. The van der Waals surface area contributed by atoms with E-state index in [1.807, 2.05) is 11.3 Å². The van der Waals surface area contributed by atoms with E-state index in [1.54, 1.807) is 0 Å². The van der Waals surface area contributed by atoms with Gasteiger partial charge in [0.15, 0.2) is 0 Å². The van der Waals surface area contributed by atoms with Gasteiger partial charge in [0.2, 0.25) is 0 Å². The smallest absolute Gasteiger partial charge is 0.110 e. The standard InChI is InChI=1S/C17H29N3S/c1-5-14-9-19-17(4,13-7-8-13)11-20(14)12(3)16-18-10-15(6-2)21-16/h10,12-14,19H,5-9,11H2,1-4H3. The first-order valence-corrected chi connectivity index (χ1v) is 9.34. The molecule has 0 aromatic carbocycles. The van der Waals surface area contributed by atoms with Gasteiger partial charge in [0.1, 0.15) is 5.01 Å². The second kappa shape index (κ2) is 5.98. The average Bonchev–Trinajstić information content (AvgIpc) is 3.25. The van der Waals surface area contributed by atoms with Gasteiger partial charge in [-0.1, -0.05) is 13.8 Å². The quantitative estimate of drug-likeness (QED) is 0.900. The Bertz CT molecular complexity index is 482. The van der Waals surface area contributed by atoms with E-state index in [-0.39, 0.29) is 0 Å². The molecule has 4 heteroatoms. The van der Waals surface area contributed by atoms with Crippen LogP contribution in [0.1, 0.15) is 62.9 Å². The van der Waals surface area contributed by atoms with E-state index < -0.39 is 0 Å². The van der Waals surface area contributed by atoms with Crippen molar-refractivity contribution >= 4 is 11.3 Å². The number of piperazine rings is 1. The number of thiazole rings is 1. The van der Waals surface area contributed by atoms with Gasteiger partial charge in [-0.05, 0) is 45.4 Å². The van der Waals surface area contributed by atoms with Crippen molar-refractivity contribution in [3.63, 3.8) is 0 Å². The van der Waals surface area contributed by atoms with Gasteiger partial charge in [0.05, 0.1) is 6.04 Å². The SMILES string of the molecule is CCc1cnc(C(C)N2CC(C)(C3CC3)NCC2CC)s1. The van der Waals surface area contributed by atoms with Gasteiger partial charge in [0.25, 0.3) is 0 Å². The Morgan fingerprint density at radius 2 is 2.24 bits per heavy atom. The fourth-order valence-electron chi connectivity index (χ4n) is 3.68. The Morgan fingerprint density at radius 1 is 1.48 bits per heavy atom. The molecule has 118 valence electrons. The van der Waals surface area contributed by atoms with Crippen LogP contribution in [0.3, 0.4) is 0 Å². The predicted octanol–water partition coefficient (Wildman–Crippen LogP) is 3.62. The van der Waals surface area contributed by atoms with E-state index in [0.29, 0.717) is 17.6 Å². The average molecular weight is 308 g/mol. The number of rotatable bonds is 5. The van der Waals surface area contributed by atoms with Crippen LogP contribution >= 0.6 is 11.3 Å². The summed E-state index contributed by atoms with van der Waals surface area (Å²) in [6.45, 7) is 11.6. The third kappa shape index (κ3) is 3.03. The number of aromatic nitrogens is 1. The third-order valence-electron chi connectivity index (χ3n) is 5.45. The summed E-state index contributed by atoms with van der Waals surface area (Å²) in [6.07, 6.45) is 7.19. The molecule has 2 fully saturated rings. The molecule has 3 unspecified atom stereocenters. The van der Waals surface area contributed by atoms with Gasteiger partial charge in [0, 0.05) is 35.7 Å². The fraction of sp³-hybridized carbons (Fsp3) is 0.824. The molecule has 0 radical (unpaired) electrons. The van der Waals surface area contributed by atoms with Crippen molar-refractivity contribution < 1.29 is 0 Å². The second-order valence-corrected chi connectivity index (χ2v) is 8.15. The number of nitrogens with zero attached hydrogens (tertiary/aromatic N) is 2. The fourth-order valence-corrected chi connectivity index (χ4v) is 4.61. The zero-order valence-electron chi connectivity index (χ0n) is 13.9. The maximum Gasteiger partial charge on any atom is 0.110 e. The Balaban J connectivity index is 1.78. The molecule has 3 nitrogen and oxygen atoms in total. The van der Waals surface area contributed by atoms with Crippen LogP contribution in [-0.2, 0) is 6.42 Å². The van der Waals surface area contributed by atoms with Crippen LogP contribution in [0, 0.1) is 5.92 Å². The third-order valence-corrected chi connectivity index (χ3v) is 6.76. The molecule has 1 aliphatic carbocycles. The number of nitrogens with one attached hydrogen (secondary N) is 1. The first-order valence-electron chi connectivity index (χ1n) is 8.52. The highest BCUT2D eigenvalue weighted by molar-refractivity contribution is 7.11. The Labute approximate surface area is 133 Å². The molecule has 1 aromatic heterocycles. The van der Waals surface area contributed by atoms with Crippen molar-refractivity contribution in [2.24, 2.45) is 5.92 Å². The largest absolute Gasteiger partial charge is 0.308 e. The molecule has 0 amide bonds. The summed E-state index contributed by atoms with van der Waals surface area (Å²) in [4.78, 5) is 8.82. The van der Waals surface area contributed by atoms with Crippen molar-refractivity contribution in [2.75, 3.05) is 13.1 Å². The van der Waals surface area contributed by atoms with Gasteiger partial charge in [-0.25, -0.2) is 4.98 Å². The molecular weight excluding hydrogens is 278 g/mol. The van der Waals surface area contributed by atoms with Crippen LogP contribution < -0.4 is 5.32 Å². The minimum absolute atomic E-state index is 0.310. The summed E-state index contributed by atoms with van der Waals surface area (Å²) in [6, 6.07) is 1.08. The lowest BCUT2D eigenvalue weighted by Crippen LogP contribution is -2.64. The minimum Gasteiger partial charge on any atom is -0.308 e. The van der Waals surface area contributed by atoms with E-state index in [1.165, 1.54) is 35.7 Å². The molecular formula is C17H29N3S. The molecule has 2 heterocycles. The lowest BCUT2D eigenvalue weighted by Gasteiger charge is -2.48. The minimum atomic E-state index is 0.310.